The summed E-state index contributed by atoms with van der Waals surface area (Å²) in [7, 11) is 0. The summed E-state index contributed by atoms with van der Waals surface area (Å²) in [5.74, 6) is 0.426. The summed E-state index contributed by atoms with van der Waals surface area (Å²) in [6, 6.07) is 5.72. The molecule has 1 heterocycles. The van der Waals surface area contributed by atoms with Crippen LogP contribution in [0.5, 0.6) is 5.75 Å². The molecule has 0 bridgehead atoms. The summed E-state index contributed by atoms with van der Waals surface area (Å²) in [6.07, 6.45) is 1.05. The second kappa shape index (κ2) is 6.16. The van der Waals surface area contributed by atoms with E-state index in [9.17, 15) is 4.79 Å². The predicted molar refractivity (Wildman–Crippen MR) is 79.7 cm³/mol. The average Bonchev–Trinajstić information content (AvgIpc) is 2.85. The zero-order valence-electron chi connectivity index (χ0n) is 10.5. The van der Waals surface area contributed by atoms with E-state index in [4.69, 9.17) is 4.74 Å². The number of hydrogen-bond acceptors (Lipinski definition) is 4. The lowest BCUT2D eigenvalue weighted by atomic mass is 10.2. The number of nitrogens with one attached hydrogen (secondary N) is 1. The molecule has 1 N–H and O–H groups in total. The zero-order valence-corrected chi connectivity index (χ0v) is 12.9. The molecular weight excluding hydrogens is 328 g/mol. The molecule has 0 saturated heterocycles. The van der Waals surface area contributed by atoms with E-state index in [1.54, 1.807) is 18.5 Å². The Morgan fingerprint density at radius 2 is 2.32 bits per heavy atom. The van der Waals surface area contributed by atoms with E-state index in [0.29, 0.717) is 10.9 Å². The number of rotatable bonds is 4. The van der Waals surface area contributed by atoms with E-state index in [-0.39, 0.29) is 5.91 Å². The Labute approximate surface area is 124 Å². The largest absolute Gasteiger partial charge is 0.480 e. The van der Waals surface area contributed by atoms with Gasteiger partial charge in [-0.15, -0.1) is 11.3 Å². The third-order valence-corrected chi connectivity index (χ3v) is 3.73. The van der Waals surface area contributed by atoms with E-state index in [1.807, 2.05) is 25.1 Å². The summed E-state index contributed by atoms with van der Waals surface area (Å²) in [5, 5.41) is 5.08. The van der Waals surface area contributed by atoms with Gasteiger partial charge in [-0.1, -0.05) is 6.07 Å². The van der Waals surface area contributed by atoms with Gasteiger partial charge in [0.05, 0.1) is 4.47 Å². The van der Waals surface area contributed by atoms with Gasteiger partial charge < -0.3 is 4.74 Å². The van der Waals surface area contributed by atoms with Gasteiger partial charge in [-0.3, -0.25) is 10.1 Å². The van der Waals surface area contributed by atoms with Crippen LogP contribution in [0.1, 0.15) is 12.5 Å². The summed E-state index contributed by atoms with van der Waals surface area (Å²) in [6.45, 7) is 3.70. The second-order valence-corrected chi connectivity index (χ2v) is 5.77. The molecule has 0 aliphatic carbocycles. The first-order valence-corrected chi connectivity index (χ1v) is 7.36. The summed E-state index contributed by atoms with van der Waals surface area (Å²) in [5.41, 5.74) is 1.12. The van der Waals surface area contributed by atoms with Crippen LogP contribution >= 0.6 is 27.3 Å². The SMILES string of the molecule is Cc1ccc(O[C@H](C)C(=O)Nc2nccs2)c(Br)c1. The van der Waals surface area contributed by atoms with Crippen molar-refractivity contribution in [2.24, 2.45) is 0 Å². The lowest BCUT2D eigenvalue weighted by molar-refractivity contribution is -0.122. The van der Waals surface area contributed by atoms with Crippen LogP contribution in [0.15, 0.2) is 34.2 Å². The number of ether oxygens (including phenoxy) is 1. The zero-order chi connectivity index (χ0) is 13.8. The molecule has 0 saturated carbocycles. The Hall–Kier alpha value is -1.40. The van der Waals surface area contributed by atoms with Crippen LogP contribution < -0.4 is 10.1 Å². The van der Waals surface area contributed by atoms with Crippen LogP contribution in [0.25, 0.3) is 0 Å². The van der Waals surface area contributed by atoms with Crippen LogP contribution in [-0.2, 0) is 4.79 Å². The van der Waals surface area contributed by atoms with Gasteiger partial charge in [0.2, 0.25) is 0 Å². The van der Waals surface area contributed by atoms with Crippen molar-refractivity contribution in [1.29, 1.82) is 0 Å². The fourth-order valence-electron chi connectivity index (χ4n) is 1.44. The molecule has 0 radical (unpaired) electrons. The van der Waals surface area contributed by atoms with Gasteiger partial charge in [0.15, 0.2) is 11.2 Å². The summed E-state index contributed by atoms with van der Waals surface area (Å²) >= 11 is 4.79. The lowest BCUT2D eigenvalue weighted by Gasteiger charge is -2.15. The minimum absolute atomic E-state index is 0.220. The number of halogens is 1. The number of amides is 1. The van der Waals surface area contributed by atoms with Gasteiger partial charge in [0.1, 0.15) is 5.75 Å². The fraction of sp³-hybridized carbons (Fsp3) is 0.231. The number of carbonyl (C=O) groups excluding carboxylic acids is 1. The number of aryl methyl sites for hydroxylation is 1. The summed E-state index contributed by atoms with van der Waals surface area (Å²) in [4.78, 5) is 15.9. The van der Waals surface area contributed by atoms with Gasteiger partial charge in [-0.05, 0) is 47.5 Å². The molecule has 0 spiro atoms. The van der Waals surface area contributed by atoms with Crippen molar-refractivity contribution < 1.29 is 9.53 Å². The number of anilines is 1. The fourth-order valence-corrected chi connectivity index (χ4v) is 2.56. The Kier molecular flexibility index (Phi) is 4.55. The molecule has 19 heavy (non-hydrogen) atoms. The van der Waals surface area contributed by atoms with Crippen molar-refractivity contribution in [1.82, 2.24) is 4.98 Å². The maximum Gasteiger partial charge on any atom is 0.266 e. The molecule has 2 aromatic rings. The lowest BCUT2D eigenvalue weighted by Crippen LogP contribution is -2.30. The monoisotopic (exact) mass is 340 g/mol. The number of nitrogens with zero attached hydrogens (tertiary/aromatic N) is 1. The molecule has 1 aromatic heterocycles. The van der Waals surface area contributed by atoms with Gasteiger partial charge in [-0.25, -0.2) is 4.98 Å². The van der Waals surface area contributed by atoms with Gasteiger partial charge >= 0.3 is 0 Å². The number of hydrogen-bond donors (Lipinski definition) is 1. The minimum atomic E-state index is -0.595. The predicted octanol–water partition coefficient (Wildman–Crippen LogP) is 3.62. The smallest absolute Gasteiger partial charge is 0.266 e. The molecule has 1 aromatic carbocycles. The highest BCUT2D eigenvalue weighted by molar-refractivity contribution is 9.10. The first-order chi connectivity index (χ1) is 9.06. The van der Waals surface area contributed by atoms with E-state index in [0.717, 1.165) is 10.0 Å². The Morgan fingerprint density at radius 3 is 2.95 bits per heavy atom. The molecule has 6 heteroatoms. The Morgan fingerprint density at radius 1 is 1.53 bits per heavy atom. The normalized spacial score (nSPS) is 11.9. The molecular formula is C13H13BrN2O2S. The third-order valence-electron chi connectivity index (χ3n) is 2.42. The van der Waals surface area contributed by atoms with Crippen LogP contribution in [0, 0.1) is 6.92 Å². The molecule has 0 aliphatic rings. The number of thiazole rings is 1. The molecule has 2 rings (SSSR count). The highest BCUT2D eigenvalue weighted by Crippen LogP contribution is 2.26. The van der Waals surface area contributed by atoms with Crippen molar-refractivity contribution in [3.05, 3.63) is 39.8 Å². The first-order valence-electron chi connectivity index (χ1n) is 5.69. The molecule has 100 valence electrons. The van der Waals surface area contributed by atoms with Crippen molar-refractivity contribution in [3.63, 3.8) is 0 Å². The standard InChI is InChI=1S/C13H13BrN2O2S/c1-8-3-4-11(10(14)7-8)18-9(2)12(17)16-13-15-5-6-19-13/h3-7,9H,1-2H3,(H,15,16,17)/t9-/m1/s1. The molecule has 0 fully saturated rings. The third kappa shape index (κ3) is 3.78. The molecule has 1 amide bonds. The van der Waals surface area contributed by atoms with Crippen molar-refractivity contribution in [2.75, 3.05) is 5.32 Å². The highest BCUT2D eigenvalue weighted by Gasteiger charge is 2.16. The number of aromatic nitrogens is 1. The van der Waals surface area contributed by atoms with E-state index < -0.39 is 6.10 Å². The van der Waals surface area contributed by atoms with Crippen LogP contribution in [0.4, 0.5) is 5.13 Å². The van der Waals surface area contributed by atoms with E-state index >= 15 is 0 Å². The quantitative estimate of drug-likeness (QED) is 0.924. The molecule has 1 atom stereocenters. The van der Waals surface area contributed by atoms with Gasteiger partial charge in [-0.2, -0.15) is 0 Å². The summed E-state index contributed by atoms with van der Waals surface area (Å²) < 4.78 is 6.46. The van der Waals surface area contributed by atoms with Crippen LogP contribution in [0.3, 0.4) is 0 Å². The maximum atomic E-state index is 11.9. The minimum Gasteiger partial charge on any atom is -0.480 e. The highest BCUT2D eigenvalue weighted by atomic mass is 79.9. The van der Waals surface area contributed by atoms with Crippen molar-refractivity contribution in [2.45, 2.75) is 20.0 Å². The molecule has 4 nitrogen and oxygen atoms in total. The number of carbonyl (C=O) groups is 1. The number of benzene rings is 1. The van der Waals surface area contributed by atoms with Crippen LogP contribution in [-0.4, -0.2) is 17.0 Å². The topological polar surface area (TPSA) is 51.2 Å². The Balaban J connectivity index is 2.00. The van der Waals surface area contributed by atoms with Crippen molar-refractivity contribution in [3.8, 4) is 5.75 Å². The van der Waals surface area contributed by atoms with E-state index in [2.05, 4.69) is 26.2 Å². The van der Waals surface area contributed by atoms with Crippen LogP contribution in [0.2, 0.25) is 0 Å². The van der Waals surface area contributed by atoms with Gasteiger partial charge in [0, 0.05) is 11.6 Å². The second-order valence-electron chi connectivity index (χ2n) is 4.02. The molecule has 0 aliphatic heterocycles. The van der Waals surface area contributed by atoms with E-state index in [1.165, 1.54) is 11.3 Å². The average molecular weight is 341 g/mol. The Bertz CT molecular complexity index is 572. The van der Waals surface area contributed by atoms with Gasteiger partial charge in [0.25, 0.3) is 5.91 Å². The van der Waals surface area contributed by atoms with Crippen molar-refractivity contribution >= 4 is 38.3 Å². The molecule has 0 unspecified atom stereocenters. The maximum absolute atomic E-state index is 11.9. The first kappa shape index (κ1) is 14.0.